The van der Waals surface area contributed by atoms with Gasteiger partial charge in [0.1, 0.15) is 4.88 Å². The van der Waals surface area contributed by atoms with Gasteiger partial charge in [-0.15, -0.1) is 11.3 Å². The summed E-state index contributed by atoms with van der Waals surface area (Å²) in [5, 5.41) is 13.5. The van der Waals surface area contributed by atoms with Crippen molar-refractivity contribution in [1.82, 2.24) is 20.2 Å². The molecule has 3 rings (SSSR count). The molecule has 0 aromatic carbocycles. The van der Waals surface area contributed by atoms with E-state index >= 15 is 0 Å². The molecule has 0 bridgehead atoms. The lowest BCUT2D eigenvalue weighted by atomic mass is 10.3. The highest BCUT2D eigenvalue weighted by Crippen LogP contribution is 2.26. The molecule has 0 saturated heterocycles. The van der Waals surface area contributed by atoms with Crippen molar-refractivity contribution in [1.29, 1.82) is 0 Å². The summed E-state index contributed by atoms with van der Waals surface area (Å²) in [5.41, 5.74) is 0. The van der Waals surface area contributed by atoms with Crippen LogP contribution in [0.2, 0.25) is 5.02 Å². The zero-order chi connectivity index (χ0) is 11.8. The summed E-state index contributed by atoms with van der Waals surface area (Å²) in [6, 6.07) is 1.71. The van der Waals surface area contributed by atoms with Gasteiger partial charge in [0, 0.05) is 13.1 Å². The molecule has 0 unspecified atom stereocenters. The van der Waals surface area contributed by atoms with E-state index < -0.39 is 0 Å². The van der Waals surface area contributed by atoms with E-state index in [2.05, 4.69) is 15.5 Å². The average Bonchev–Trinajstić information content (AvgIpc) is 2.95. The van der Waals surface area contributed by atoms with Crippen molar-refractivity contribution in [3.63, 3.8) is 0 Å². The number of nitrogens with zero attached hydrogens (tertiary/aromatic N) is 5. The third-order valence-corrected chi connectivity index (χ3v) is 3.89. The number of rotatable bonds is 1. The number of thiophene rings is 1. The van der Waals surface area contributed by atoms with Crippen molar-refractivity contribution in [3.05, 3.63) is 21.3 Å². The Bertz CT molecular complexity index is 565. The van der Waals surface area contributed by atoms with Gasteiger partial charge in [0.25, 0.3) is 11.9 Å². The summed E-state index contributed by atoms with van der Waals surface area (Å²) in [6.07, 6.45) is 0.840. The second kappa shape index (κ2) is 4.08. The normalized spacial score (nSPS) is 14.8. The Labute approximate surface area is 106 Å². The maximum absolute atomic E-state index is 12.3. The third-order valence-electron chi connectivity index (χ3n) is 2.56. The predicted octanol–water partition coefficient (Wildman–Crippen LogP) is 1.44. The molecule has 0 N–H and O–H groups in total. The van der Waals surface area contributed by atoms with E-state index in [0.29, 0.717) is 22.4 Å². The lowest BCUT2D eigenvalue weighted by Gasteiger charge is -2.24. The van der Waals surface area contributed by atoms with E-state index in [4.69, 9.17) is 11.6 Å². The summed E-state index contributed by atoms with van der Waals surface area (Å²) < 4.78 is 1.63. The number of tetrazole rings is 1. The minimum absolute atomic E-state index is 0.138. The Kier molecular flexibility index (Phi) is 2.56. The second-order valence-electron chi connectivity index (χ2n) is 3.61. The fourth-order valence-corrected chi connectivity index (χ4v) is 2.86. The molecule has 1 aliphatic heterocycles. The number of amides is 1. The first kappa shape index (κ1) is 10.7. The minimum atomic E-state index is -0.138. The van der Waals surface area contributed by atoms with Crippen molar-refractivity contribution >= 4 is 34.8 Å². The maximum atomic E-state index is 12.3. The number of fused-ring (bicyclic) bond motifs is 1. The SMILES string of the molecule is O=C(c1sccc1Cl)N1CCCn2nnnc21. The van der Waals surface area contributed by atoms with Crippen LogP contribution in [0, 0.1) is 0 Å². The first-order valence-corrected chi connectivity index (χ1v) is 6.34. The average molecular weight is 270 g/mol. The number of aromatic nitrogens is 4. The predicted molar refractivity (Wildman–Crippen MR) is 63.4 cm³/mol. The molecular weight excluding hydrogens is 262 g/mol. The van der Waals surface area contributed by atoms with E-state index in [1.165, 1.54) is 11.3 Å². The lowest BCUT2D eigenvalue weighted by Crippen LogP contribution is -2.37. The van der Waals surface area contributed by atoms with Crippen LogP contribution in [-0.2, 0) is 6.54 Å². The first-order valence-electron chi connectivity index (χ1n) is 5.08. The third kappa shape index (κ3) is 1.71. The quantitative estimate of drug-likeness (QED) is 0.786. The molecule has 0 fully saturated rings. The smallest absolute Gasteiger partial charge is 0.272 e. The molecule has 88 valence electrons. The van der Waals surface area contributed by atoms with Crippen molar-refractivity contribution in [3.8, 4) is 0 Å². The highest BCUT2D eigenvalue weighted by atomic mass is 35.5. The molecule has 2 aromatic heterocycles. The van der Waals surface area contributed by atoms with Crippen molar-refractivity contribution < 1.29 is 4.79 Å². The van der Waals surface area contributed by atoms with E-state index in [-0.39, 0.29) is 5.91 Å². The van der Waals surface area contributed by atoms with Crippen LogP contribution in [0.15, 0.2) is 11.4 Å². The van der Waals surface area contributed by atoms with Gasteiger partial charge in [-0.05, 0) is 28.3 Å². The van der Waals surface area contributed by atoms with Gasteiger partial charge in [0.15, 0.2) is 0 Å². The minimum Gasteiger partial charge on any atom is -0.275 e. The highest BCUT2D eigenvalue weighted by Gasteiger charge is 2.28. The molecule has 1 aliphatic rings. The van der Waals surface area contributed by atoms with Gasteiger partial charge in [-0.1, -0.05) is 16.7 Å². The van der Waals surface area contributed by atoms with Gasteiger partial charge in [0.2, 0.25) is 0 Å². The van der Waals surface area contributed by atoms with Crippen molar-refractivity contribution in [2.75, 3.05) is 11.4 Å². The summed E-state index contributed by atoms with van der Waals surface area (Å²) in [7, 11) is 0. The number of carbonyl (C=O) groups excluding carboxylic acids is 1. The molecule has 3 heterocycles. The van der Waals surface area contributed by atoms with Gasteiger partial charge in [-0.3, -0.25) is 9.69 Å². The van der Waals surface area contributed by atoms with E-state index in [1.807, 2.05) is 0 Å². The maximum Gasteiger partial charge on any atom is 0.272 e. The van der Waals surface area contributed by atoms with Gasteiger partial charge in [-0.2, -0.15) is 0 Å². The lowest BCUT2D eigenvalue weighted by molar-refractivity contribution is 0.0984. The Morgan fingerprint density at radius 3 is 3.12 bits per heavy atom. The molecular formula is C9H8ClN5OS. The summed E-state index contributed by atoms with van der Waals surface area (Å²) in [4.78, 5) is 14.4. The second-order valence-corrected chi connectivity index (χ2v) is 4.93. The van der Waals surface area contributed by atoms with Crippen molar-refractivity contribution in [2.45, 2.75) is 13.0 Å². The van der Waals surface area contributed by atoms with Gasteiger partial charge in [0.05, 0.1) is 5.02 Å². The molecule has 0 atom stereocenters. The van der Waals surface area contributed by atoms with Crippen LogP contribution in [0.3, 0.4) is 0 Å². The van der Waals surface area contributed by atoms with Crippen LogP contribution in [0.25, 0.3) is 0 Å². The molecule has 17 heavy (non-hydrogen) atoms. The zero-order valence-electron chi connectivity index (χ0n) is 8.71. The molecule has 8 heteroatoms. The zero-order valence-corrected chi connectivity index (χ0v) is 10.3. The Morgan fingerprint density at radius 1 is 1.47 bits per heavy atom. The molecule has 6 nitrogen and oxygen atoms in total. The number of aryl methyl sites for hydroxylation is 1. The summed E-state index contributed by atoms with van der Waals surface area (Å²) >= 11 is 7.29. The van der Waals surface area contributed by atoms with Crippen LogP contribution < -0.4 is 4.90 Å². The number of halogens is 1. The number of anilines is 1. The largest absolute Gasteiger partial charge is 0.275 e. The molecule has 0 saturated carbocycles. The molecule has 1 amide bonds. The van der Waals surface area contributed by atoms with Gasteiger partial charge < -0.3 is 0 Å². The fraction of sp³-hybridized carbons (Fsp3) is 0.333. The summed E-state index contributed by atoms with van der Waals surface area (Å²) in [5.74, 6) is 0.353. The number of carbonyl (C=O) groups is 1. The number of hydrogen-bond acceptors (Lipinski definition) is 5. The summed E-state index contributed by atoms with van der Waals surface area (Å²) in [6.45, 7) is 1.36. The van der Waals surface area contributed by atoms with Crippen LogP contribution >= 0.6 is 22.9 Å². The van der Waals surface area contributed by atoms with Gasteiger partial charge in [-0.25, -0.2) is 4.68 Å². The van der Waals surface area contributed by atoms with Crippen LogP contribution in [-0.4, -0.2) is 32.7 Å². The standard InChI is InChI=1S/C9H8ClN5OS/c10-6-2-5-17-7(6)8(16)14-3-1-4-15-9(14)11-12-13-15/h2,5H,1,3-4H2. The Hall–Kier alpha value is -1.47. The number of hydrogen-bond donors (Lipinski definition) is 0. The molecule has 0 aliphatic carbocycles. The molecule has 2 aromatic rings. The molecule has 0 radical (unpaired) electrons. The Balaban J connectivity index is 1.97. The Morgan fingerprint density at radius 2 is 2.35 bits per heavy atom. The van der Waals surface area contributed by atoms with Crippen LogP contribution in [0.4, 0.5) is 5.95 Å². The first-order chi connectivity index (χ1) is 8.27. The van der Waals surface area contributed by atoms with Crippen LogP contribution in [0.5, 0.6) is 0 Å². The highest BCUT2D eigenvalue weighted by molar-refractivity contribution is 7.12. The monoisotopic (exact) mass is 269 g/mol. The van der Waals surface area contributed by atoms with E-state index in [9.17, 15) is 4.79 Å². The van der Waals surface area contributed by atoms with Crippen LogP contribution in [0.1, 0.15) is 16.1 Å². The van der Waals surface area contributed by atoms with Crippen molar-refractivity contribution in [2.24, 2.45) is 0 Å². The molecule has 0 spiro atoms. The van der Waals surface area contributed by atoms with E-state index in [0.717, 1.165) is 13.0 Å². The topological polar surface area (TPSA) is 63.9 Å². The van der Waals surface area contributed by atoms with E-state index in [1.54, 1.807) is 21.0 Å². The fourth-order valence-electron chi connectivity index (χ4n) is 1.78. The van der Waals surface area contributed by atoms with Gasteiger partial charge >= 0.3 is 0 Å².